The van der Waals surface area contributed by atoms with Crippen molar-refractivity contribution in [3.63, 3.8) is 0 Å². The van der Waals surface area contributed by atoms with Gasteiger partial charge in [0.15, 0.2) is 0 Å². The number of rotatable bonds is 5. The van der Waals surface area contributed by atoms with Crippen LogP contribution in [0.5, 0.6) is 0 Å². The third-order valence-corrected chi connectivity index (χ3v) is 4.50. The van der Waals surface area contributed by atoms with Gasteiger partial charge in [0.2, 0.25) is 0 Å². The summed E-state index contributed by atoms with van der Waals surface area (Å²) in [5.74, 6) is -0.161. The van der Waals surface area contributed by atoms with E-state index in [2.05, 4.69) is 11.4 Å². The number of hydrogen-bond acceptors (Lipinski definition) is 3. The number of carbonyl (C=O) groups is 1. The molecule has 2 aromatic carbocycles. The molecule has 5 nitrogen and oxygen atoms in total. The maximum absolute atomic E-state index is 12.9. The predicted octanol–water partition coefficient (Wildman–Crippen LogP) is 4.36. The zero-order valence-electron chi connectivity index (χ0n) is 15.6. The molecule has 27 heavy (non-hydrogen) atoms. The molecule has 0 radical (unpaired) electrons. The lowest BCUT2D eigenvalue weighted by molar-refractivity contribution is 0.102. The number of methoxy groups -OCH3 is 1. The van der Waals surface area contributed by atoms with Gasteiger partial charge in [-0.1, -0.05) is 18.2 Å². The summed E-state index contributed by atoms with van der Waals surface area (Å²) >= 11 is 0. The van der Waals surface area contributed by atoms with Gasteiger partial charge in [0.05, 0.1) is 23.8 Å². The van der Waals surface area contributed by atoms with Crippen molar-refractivity contribution in [2.24, 2.45) is 0 Å². The van der Waals surface area contributed by atoms with Crippen LogP contribution in [0.4, 0.5) is 5.69 Å². The van der Waals surface area contributed by atoms with Gasteiger partial charge in [0, 0.05) is 35.4 Å². The minimum atomic E-state index is -0.161. The topological polar surface area (TPSA) is 67.0 Å². The lowest BCUT2D eigenvalue weighted by Crippen LogP contribution is -2.14. The number of hydrogen-bond donors (Lipinski definition) is 1. The largest absolute Gasteiger partial charge is 0.380 e. The zero-order chi connectivity index (χ0) is 19.4. The molecule has 1 N–H and O–H groups in total. The van der Waals surface area contributed by atoms with Gasteiger partial charge in [0.25, 0.3) is 5.91 Å². The van der Waals surface area contributed by atoms with Crippen molar-refractivity contribution in [3.8, 4) is 11.8 Å². The van der Waals surface area contributed by atoms with Gasteiger partial charge in [-0.05, 0) is 50.2 Å². The molecule has 0 unspecified atom stereocenters. The van der Waals surface area contributed by atoms with Crippen molar-refractivity contribution < 1.29 is 9.53 Å². The van der Waals surface area contributed by atoms with Crippen molar-refractivity contribution in [2.45, 2.75) is 20.5 Å². The minimum absolute atomic E-state index is 0.161. The molecule has 1 aromatic heterocycles. The number of carbonyl (C=O) groups excluding carboxylic acids is 1. The normalized spacial score (nSPS) is 10.4. The first-order valence-corrected chi connectivity index (χ1v) is 8.63. The molecule has 136 valence electrons. The van der Waals surface area contributed by atoms with Gasteiger partial charge in [-0.15, -0.1) is 0 Å². The van der Waals surface area contributed by atoms with Gasteiger partial charge >= 0.3 is 0 Å². The first-order chi connectivity index (χ1) is 13.0. The van der Waals surface area contributed by atoms with Crippen molar-refractivity contribution in [3.05, 3.63) is 82.7 Å². The highest BCUT2D eigenvalue weighted by Gasteiger charge is 2.17. The third-order valence-electron chi connectivity index (χ3n) is 4.50. The fourth-order valence-corrected chi connectivity index (χ4v) is 3.19. The molecule has 0 aliphatic carbocycles. The van der Waals surface area contributed by atoms with E-state index in [0.29, 0.717) is 17.7 Å². The third kappa shape index (κ3) is 3.76. The molecule has 1 heterocycles. The van der Waals surface area contributed by atoms with Crippen molar-refractivity contribution in [2.75, 3.05) is 12.4 Å². The van der Waals surface area contributed by atoms with Crippen molar-refractivity contribution in [1.29, 1.82) is 5.26 Å². The number of nitrogens with zero attached hydrogens (tertiary/aromatic N) is 2. The molecular formula is C22H21N3O2. The first kappa shape index (κ1) is 18.4. The Hall–Kier alpha value is -3.36. The summed E-state index contributed by atoms with van der Waals surface area (Å²) < 4.78 is 7.21. The van der Waals surface area contributed by atoms with E-state index in [1.807, 2.05) is 60.9 Å². The van der Waals surface area contributed by atoms with E-state index >= 15 is 0 Å². The Morgan fingerprint density at radius 3 is 2.52 bits per heavy atom. The molecule has 1 amide bonds. The molecule has 3 rings (SSSR count). The Morgan fingerprint density at radius 2 is 1.85 bits per heavy atom. The van der Waals surface area contributed by atoms with Crippen LogP contribution >= 0.6 is 0 Å². The molecule has 3 aromatic rings. The quantitative estimate of drug-likeness (QED) is 0.736. The van der Waals surface area contributed by atoms with E-state index < -0.39 is 0 Å². The Kier molecular flexibility index (Phi) is 5.39. The summed E-state index contributed by atoms with van der Waals surface area (Å²) in [7, 11) is 1.63. The number of amides is 1. The van der Waals surface area contributed by atoms with Crippen molar-refractivity contribution in [1.82, 2.24) is 4.57 Å². The molecule has 0 saturated carbocycles. The second-order valence-electron chi connectivity index (χ2n) is 6.32. The van der Waals surface area contributed by atoms with Gasteiger partial charge in [-0.25, -0.2) is 0 Å². The standard InChI is InChI=1S/C22H21N3O2/c1-15-12-20(16(2)25(15)19-10-8-17(13-23)9-11-19)22(26)24-21-7-5-4-6-18(21)14-27-3/h4-12H,14H2,1-3H3,(H,24,26). The highest BCUT2D eigenvalue weighted by molar-refractivity contribution is 6.05. The molecule has 0 saturated heterocycles. The Labute approximate surface area is 158 Å². The number of aromatic nitrogens is 1. The summed E-state index contributed by atoms with van der Waals surface area (Å²) in [6.07, 6.45) is 0. The second kappa shape index (κ2) is 7.90. The van der Waals surface area contributed by atoms with E-state index in [4.69, 9.17) is 10.00 Å². The molecule has 5 heteroatoms. The molecule has 0 aliphatic heterocycles. The van der Waals surface area contributed by atoms with Gasteiger partial charge in [0.1, 0.15) is 0 Å². The van der Waals surface area contributed by atoms with Crippen LogP contribution in [0.25, 0.3) is 5.69 Å². The smallest absolute Gasteiger partial charge is 0.257 e. The molecular weight excluding hydrogens is 338 g/mol. The van der Waals surface area contributed by atoms with Crippen LogP contribution in [-0.4, -0.2) is 17.6 Å². The van der Waals surface area contributed by atoms with E-state index in [0.717, 1.165) is 28.3 Å². The Balaban J connectivity index is 1.92. The lowest BCUT2D eigenvalue weighted by atomic mass is 10.1. The van der Waals surface area contributed by atoms with E-state index in [-0.39, 0.29) is 5.91 Å². The highest BCUT2D eigenvalue weighted by atomic mass is 16.5. The van der Waals surface area contributed by atoms with Gasteiger partial charge in [-0.2, -0.15) is 5.26 Å². The average molecular weight is 359 g/mol. The van der Waals surface area contributed by atoms with E-state index in [9.17, 15) is 4.79 Å². The van der Waals surface area contributed by atoms with E-state index in [1.165, 1.54) is 0 Å². The summed E-state index contributed by atoms with van der Waals surface area (Å²) in [6.45, 7) is 4.31. The number of nitriles is 1. The number of benzene rings is 2. The van der Waals surface area contributed by atoms with Crippen molar-refractivity contribution >= 4 is 11.6 Å². The van der Waals surface area contributed by atoms with Gasteiger partial charge in [-0.3, -0.25) is 4.79 Å². The van der Waals surface area contributed by atoms with Crippen LogP contribution in [0.1, 0.15) is 32.9 Å². The summed E-state index contributed by atoms with van der Waals surface area (Å²) in [5.41, 5.74) is 5.61. The number of aryl methyl sites for hydroxylation is 1. The van der Waals surface area contributed by atoms with Crippen LogP contribution in [0, 0.1) is 25.2 Å². The first-order valence-electron chi connectivity index (χ1n) is 8.63. The lowest BCUT2D eigenvalue weighted by Gasteiger charge is -2.12. The SMILES string of the molecule is COCc1ccccc1NC(=O)c1cc(C)n(-c2ccc(C#N)cc2)c1C. The summed E-state index contributed by atoms with van der Waals surface area (Å²) in [6, 6.07) is 18.9. The Morgan fingerprint density at radius 1 is 1.15 bits per heavy atom. The predicted molar refractivity (Wildman–Crippen MR) is 105 cm³/mol. The fourth-order valence-electron chi connectivity index (χ4n) is 3.19. The van der Waals surface area contributed by atoms with Crippen LogP contribution in [0.15, 0.2) is 54.6 Å². The second-order valence-corrected chi connectivity index (χ2v) is 6.32. The highest BCUT2D eigenvalue weighted by Crippen LogP contribution is 2.23. The number of ether oxygens (including phenoxy) is 1. The van der Waals surface area contributed by atoms with Crippen LogP contribution < -0.4 is 5.32 Å². The Bertz CT molecular complexity index is 1010. The molecule has 0 fully saturated rings. The maximum Gasteiger partial charge on any atom is 0.257 e. The van der Waals surface area contributed by atoms with Crippen LogP contribution in [-0.2, 0) is 11.3 Å². The average Bonchev–Trinajstić information content (AvgIpc) is 2.98. The molecule has 0 bridgehead atoms. The van der Waals surface area contributed by atoms with Gasteiger partial charge < -0.3 is 14.6 Å². The number of nitrogens with one attached hydrogen (secondary N) is 1. The number of para-hydroxylation sites is 1. The van der Waals surface area contributed by atoms with Crippen LogP contribution in [0.2, 0.25) is 0 Å². The fraction of sp³-hybridized carbons (Fsp3) is 0.182. The summed E-state index contributed by atoms with van der Waals surface area (Å²) in [4.78, 5) is 12.9. The molecule has 0 spiro atoms. The number of anilines is 1. The monoisotopic (exact) mass is 359 g/mol. The minimum Gasteiger partial charge on any atom is -0.380 e. The molecule has 0 atom stereocenters. The summed E-state index contributed by atoms with van der Waals surface area (Å²) in [5, 5.41) is 12.0. The maximum atomic E-state index is 12.9. The van der Waals surface area contributed by atoms with E-state index in [1.54, 1.807) is 19.2 Å². The molecule has 0 aliphatic rings. The van der Waals surface area contributed by atoms with Crippen LogP contribution in [0.3, 0.4) is 0 Å². The zero-order valence-corrected chi connectivity index (χ0v) is 15.6.